The first-order chi connectivity index (χ1) is 24.9. The summed E-state index contributed by atoms with van der Waals surface area (Å²) in [5.74, 6) is 0.372. The lowest BCUT2D eigenvalue weighted by molar-refractivity contribution is -0.162. The Labute approximate surface area is 313 Å². The van der Waals surface area contributed by atoms with E-state index in [0.717, 1.165) is 51.4 Å². The maximum atomic E-state index is 12.8. The van der Waals surface area contributed by atoms with Gasteiger partial charge in [0.1, 0.15) is 17.8 Å². The van der Waals surface area contributed by atoms with Crippen LogP contribution < -0.4 is 0 Å². The van der Waals surface area contributed by atoms with Crippen molar-refractivity contribution in [2.45, 2.75) is 136 Å². The van der Waals surface area contributed by atoms with Crippen molar-refractivity contribution >= 4 is 29.1 Å². The second-order valence-electron chi connectivity index (χ2n) is 18.6. The van der Waals surface area contributed by atoms with Crippen LogP contribution in [0.3, 0.4) is 0 Å². The molecule has 4 saturated carbocycles. The number of ketones is 4. The number of Topliss-reactive ketones (excluding diaryl/α,β-unsaturated/α-hetero) is 2. The van der Waals surface area contributed by atoms with Gasteiger partial charge in [0.25, 0.3) is 0 Å². The molecule has 0 radical (unpaired) electrons. The van der Waals surface area contributed by atoms with Gasteiger partial charge in [-0.25, -0.2) is 0 Å². The van der Waals surface area contributed by atoms with Crippen molar-refractivity contribution < 1.29 is 44.0 Å². The molecule has 0 aromatic rings. The van der Waals surface area contributed by atoms with Crippen LogP contribution in [0.5, 0.6) is 0 Å². The summed E-state index contributed by atoms with van der Waals surface area (Å²) >= 11 is 0. The molecule has 4 unspecified atom stereocenters. The molecule has 4 fully saturated rings. The zero-order valence-corrected chi connectivity index (χ0v) is 32.2. The highest BCUT2D eigenvalue weighted by atomic mass is 16.5. The standard InChI is InChI=1S/C23H30O5.C21H28O4/c1-14(24)28-13-20(26)23(27)11-8-19-17-5-4-15-12-16(25)6-9-21(15,2)18(17)7-10-22(19,23)3;1-19-8-5-14(23)11-13(19)3-4-15-16(19)6-9-20(2)17(15)7-10-21(20,25)18(24)12-22/h7,12,17,19,27H,4-6,8-11,13H2,1-3H3;6,11,15,17,22,25H,3-5,7-10,12H2,1-2H3/t17?,19?,21-,22-,23-;15?,17?,19-,20-,21-/m00/s1. The van der Waals surface area contributed by atoms with E-state index in [2.05, 4.69) is 26.0 Å². The molecule has 0 heterocycles. The van der Waals surface area contributed by atoms with Crippen molar-refractivity contribution in [3.05, 3.63) is 46.6 Å². The van der Waals surface area contributed by atoms with Crippen molar-refractivity contribution in [3.8, 4) is 0 Å². The van der Waals surface area contributed by atoms with E-state index in [1.807, 2.05) is 26.0 Å². The Morgan fingerprint density at radius 2 is 1.11 bits per heavy atom. The molecule has 8 rings (SSSR count). The third-order valence-corrected chi connectivity index (χ3v) is 16.5. The first-order valence-electron chi connectivity index (χ1n) is 20.0. The number of aliphatic hydroxyl groups excluding tert-OH is 1. The molecule has 10 atom stereocenters. The van der Waals surface area contributed by atoms with Crippen LogP contribution in [0.2, 0.25) is 0 Å². The van der Waals surface area contributed by atoms with E-state index < -0.39 is 40.4 Å². The van der Waals surface area contributed by atoms with Crippen molar-refractivity contribution in [2.24, 2.45) is 45.3 Å². The van der Waals surface area contributed by atoms with Gasteiger partial charge in [-0.2, -0.15) is 0 Å². The molecule has 8 aliphatic rings. The first kappa shape index (κ1) is 38.3. The van der Waals surface area contributed by atoms with Gasteiger partial charge in [-0.3, -0.25) is 24.0 Å². The molecular formula is C44H58O9. The van der Waals surface area contributed by atoms with Gasteiger partial charge in [0, 0.05) is 41.4 Å². The maximum Gasteiger partial charge on any atom is 0.303 e. The van der Waals surface area contributed by atoms with Crippen LogP contribution in [-0.4, -0.2) is 68.8 Å². The molecule has 9 heteroatoms. The van der Waals surface area contributed by atoms with Gasteiger partial charge in [-0.15, -0.1) is 0 Å². The van der Waals surface area contributed by atoms with E-state index in [1.54, 1.807) is 0 Å². The quantitative estimate of drug-likeness (QED) is 0.227. The van der Waals surface area contributed by atoms with E-state index in [4.69, 9.17) is 4.74 Å². The van der Waals surface area contributed by atoms with Gasteiger partial charge in [0.05, 0.1) is 0 Å². The summed E-state index contributed by atoms with van der Waals surface area (Å²) in [4.78, 5) is 60.0. The molecule has 0 amide bonds. The van der Waals surface area contributed by atoms with Crippen molar-refractivity contribution in [3.63, 3.8) is 0 Å². The number of ether oxygens (including phenoxy) is 1. The highest BCUT2D eigenvalue weighted by Crippen LogP contribution is 2.67. The van der Waals surface area contributed by atoms with Gasteiger partial charge < -0.3 is 20.1 Å². The summed E-state index contributed by atoms with van der Waals surface area (Å²) in [5, 5.41) is 31.9. The minimum absolute atomic E-state index is 0.0279. The molecule has 0 aliphatic heterocycles. The largest absolute Gasteiger partial charge is 0.458 e. The predicted molar refractivity (Wildman–Crippen MR) is 197 cm³/mol. The molecule has 0 aromatic carbocycles. The van der Waals surface area contributed by atoms with Gasteiger partial charge in [0.2, 0.25) is 5.78 Å². The minimum Gasteiger partial charge on any atom is -0.458 e. The SMILES string of the molecule is CC(=O)OCC(=O)[C@@]1(O)CCC2C3CCC4=CC(=O)CC[C@]4(C)C3=CC[C@@]21C.C[C@]12CCC(=O)C=C1CCC1C2=CC[C@@]2(C)C1CC[C@]2(O)C(=O)CO. The molecule has 8 aliphatic carbocycles. The number of carbonyl (C=O) groups is 5. The normalized spacial score (nSPS) is 43.8. The van der Waals surface area contributed by atoms with Crippen LogP contribution in [0, 0.1) is 45.3 Å². The molecule has 53 heavy (non-hydrogen) atoms. The Balaban J connectivity index is 0.000000165. The van der Waals surface area contributed by atoms with Crippen LogP contribution in [0.15, 0.2) is 46.6 Å². The van der Waals surface area contributed by atoms with Crippen molar-refractivity contribution in [1.82, 2.24) is 0 Å². The summed E-state index contributed by atoms with van der Waals surface area (Å²) in [5.41, 5.74) is 1.40. The van der Waals surface area contributed by atoms with Crippen LogP contribution in [0.25, 0.3) is 0 Å². The van der Waals surface area contributed by atoms with Crippen molar-refractivity contribution in [2.75, 3.05) is 13.2 Å². The zero-order valence-electron chi connectivity index (χ0n) is 32.2. The second kappa shape index (κ2) is 13.0. The molecule has 288 valence electrons. The summed E-state index contributed by atoms with van der Waals surface area (Å²) in [6.07, 6.45) is 18.8. The molecule has 9 nitrogen and oxygen atoms in total. The van der Waals surface area contributed by atoms with Gasteiger partial charge in [-0.1, -0.05) is 62.1 Å². The topological polar surface area (TPSA) is 155 Å². The molecule has 0 saturated heterocycles. The molecular weight excluding hydrogens is 672 g/mol. The highest BCUT2D eigenvalue weighted by Gasteiger charge is 2.66. The number of carbonyl (C=O) groups excluding carboxylic acids is 5. The Hall–Kier alpha value is -3.01. The van der Waals surface area contributed by atoms with Gasteiger partial charge >= 0.3 is 5.97 Å². The van der Waals surface area contributed by atoms with E-state index in [1.165, 1.54) is 29.2 Å². The Kier molecular flexibility index (Phi) is 9.42. The van der Waals surface area contributed by atoms with Crippen LogP contribution in [-0.2, 0) is 28.7 Å². The lowest BCUT2D eigenvalue weighted by Gasteiger charge is -2.54. The number of aliphatic hydroxyl groups is 3. The Bertz CT molecular complexity index is 1770. The number of allylic oxidation sites excluding steroid dienone is 8. The summed E-state index contributed by atoms with van der Waals surface area (Å²) < 4.78 is 4.91. The van der Waals surface area contributed by atoms with Gasteiger partial charge in [0.15, 0.2) is 24.0 Å². The molecule has 0 aromatic heterocycles. The summed E-state index contributed by atoms with van der Waals surface area (Å²) in [7, 11) is 0. The fourth-order valence-electron chi connectivity index (χ4n) is 13.1. The lowest BCUT2D eigenvalue weighted by atomic mass is 9.50. The summed E-state index contributed by atoms with van der Waals surface area (Å²) in [6, 6.07) is 0. The number of hydrogen-bond donors (Lipinski definition) is 3. The fraction of sp³-hybridized carbons (Fsp3) is 0.705. The van der Waals surface area contributed by atoms with Crippen LogP contribution in [0.4, 0.5) is 0 Å². The van der Waals surface area contributed by atoms with Crippen molar-refractivity contribution in [1.29, 1.82) is 0 Å². The third-order valence-electron chi connectivity index (χ3n) is 16.5. The summed E-state index contributed by atoms with van der Waals surface area (Å²) in [6.45, 7) is 8.92. The second-order valence-corrected chi connectivity index (χ2v) is 18.6. The predicted octanol–water partition coefficient (Wildman–Crippen LogP) is 6.03. The monoisotopic (exact) mass is 730 g/mol. The molecule has 0 bridgehead atoms. The number of fused-ring (bicyclic) bond motifs is 10. The number of hydrogen-bond acceptors (Lipinski definition) is 9. The average Bonchev–Trinajstić information content (AvgIpc) is 3.57. The lowest BCUT2D eigenvalue weighted by Crippen LogP contribution is -2.55. The number of rotatable bonds is 5. The molecule has 3 N–H and O–H groups in total. The smallest absolute Gasteiger partial charge is 0.303 e. The van der Waals surface area contributed by atoms with Gasteiger partial charge in [-0.05, 0) is 113 Å². The Morgan fingerprint density at radius 1 is 0.679 bits per heavy atom. The highest BCUT2D eigenvalue weighted by molar-refractivity contribution is 5.93. The average molecular weight is 731 g/mol. The van der Waals surface area contributed by atoms with Crippen LogP contribution >= 0.6 is 0 Å². The third kappa shape index (κ3) is 5.52. The van der Waals surface area contributed by atoms with E-state index in [9.17, 15) is 39.3 Å². The van der Waals surface area contributed by atoms with E-state index in [0.29, 0.717) is 50.4 Å². The fourth-order valence-corrected chi connectivity index (χ4v) is 13.1. The van der Waals surface area contributed by atoms with E-state index in [-0.39, 0.29) is 46.6 Å². The zero-order chi connectivity index (χ0) is 38.4. The maximum absolute atomic E-state index is 12.8. The number of esters is 1. The Morgan fingerprint density at radius 3 is 1.53 bits per heavy atom. The van der Waals surface area contributed by atoms with E-state index >= 15 is 0 Å². The minimum atomic E-state index is -1.45. The first-order valence-corrected chi connectivity index (χ1v) is 20.0. The molecule has 0 spiro atoms. The van der Waals surface area contributed by atoms with Crippen LogP contribution in [0.1, 0.15) is 125 Å².